The molecule has 5 rings (SSSR count). The van der Waals surface area contributed by atoms with Gasteiger partial charge in [-0.1, -0.05) is 12.1 Å². The summed E-state index contributed by atoms with van der Waals surface area (Å²) in [6.45, 7) is -0.466. The lowest BCUT2D eigenvalue weighted by atomic mass is 10.1. The number of alkyl halides is 3. The van der Waals surface area contributed by atoms with Crippen LogP contribution in [0.1, 0.15) is 18.4 Å². The number of hydrogen-bond donors (Lipinski definition) is 2. The van der Waals surface area contributed by atoms with Gasteiger partial charge >= 0.3 is 12.1 Å². The Morgan fingerprint density at radius 2 is 1.90 bits per heavy atom. The molecule has 0 radical (unpaired) electrons. The summed E-state index contributed by atoms with van der Waals surface area (Å²) in [5.74, 6) is -2.38. The van der Waals surface area contributed by atoms with Crippen molar-refractivity contribution in [3.8, 4) is 11.8 Å². The van der Waals surface area contributed by atoms with Crippen LogP contribution in [0.3, 0.4) is 0 Å². The largest absolute Gasteiger partial charge is 0.480 e. The molecule has 0 bridgehead atoms. The molecule has 1 aliphatic heterocycles. The van der Waals surface area contributed by atoms with Crippen LogP contribution in [0, 0.1) is 16.7 Å². The van der Waals surface area contributed by atoms with E-state index >= 15 is 0 Å². The first-order valence-corrected chi connectivity index (χ1v) is 12.9. The number of aromatic nitrogens is 2. The Morgan fingerprint density at radius 3 is 2.49 bits per heavy atom. The van der Waals surface area contributed by atoms with E-state index in [0.29, 0.717) is 11.0 Å². The first-order valence-electron chi connectivity index (χ1n) is 11.4. The Labute approximate surface area is 226 Å². The SMILES string of the molecule is Cl.N#CC1(C(N)=O)CC1N1C[C@H](S(=O)(=O)c2ccc(-n3cnc4ccccc43)cc2C(F)(F)F)C[C@H]1C(=O)O. The molecule has 1 aromatic heterocycles. The zero-order valence-corrected chi connectivity index (χ0v) is 21.5. The number of rotatable bonds is 6. The molecule has 2 heterocycles. The Morgan fingerprint density at radius 1 is 1.21 bits per heavy atom. The minimum absolute atomic E-state index is 0. The van der Waals surface area contributed by atoms with Gasteiger partial charge in [-0.15, -0.1) is 12.4 Å². The number of nitriles is 1. The van der Waals surface area contributed by atoms with E-state index in [2.05, 4.69) is 4.98 Å². The summed E-state index contributed by atoms with van der Waals surface area (Å²) >= 11 is 0. The zero-order valence-electron chi connectivity index (χ0n) is 19.9. The first-order chi connectivity index (χ1) is 17.8. The van der Waals surface area contributed by atoms with Crippen LogP contribution in [0.5, 0.6) is 0 Å². The van der Waals surface area contributed by atoms with Crippen molar-refractivity contribution in [1.82, 2.24) is 14.5 Å². The zero-order chi connectivity index (χ0) is 27.6. The average Bonchev–Trinajstić information content (AvgIpc) is 3.21. The number of hydrogen-bond acceptors (Lipinski definition) is 7. The van der Waals surface area contributed by atoms with Gasteiger partial charge in [0.1, 0.15) is 12.4 Å². The van der Waals surface area contributed by atoms with Gasteiger partial charge in [-0.2, -0.15) is 18.4 Å². The van der Waals surface area contributed by atoms with Gasteiger partial charge in [0.15, 0.2) is 15.3 Å². The van der Waals surface area contributed by atoms with Crippen molar-refractivity contribution in [2.24, 2.45) is 11.1 Å². The number of carbonyl (C=O) groups excluding carboxylic acids is 1. The molecule has 4 atom stereocenters. The van der Waals surface area contributed by atoms with Crippen LogP contribution in [0.4, 0.5) is 13.2 Å². The monoisotopic (exact) mass is 583 g/mol. The van der Waals surface area contributed by atoms with E-state index in [9.17, 15) is 41.5 Å². The summed E-state index contributed by atoms with van der Waals surface area (Å²) in [5.41, 5.74) is 3.34. The first kappa shape index (κ1) is 28.3. The summed E-state index contributed by atoms with van der Waals surface area (Å²) in [5, 5.41) is 17.6. The van der Waals surface area contributed by atoms with E-state index < -0.39 is 74.1 Å². The van der Waals surface area contributed by atoms with Crippen LogP contribution >= 0.6 is 12.4 Å². The number of likely N-dealkylation sites (tertiary alicyclic amines) is 1. The molecule has 3 aromatic rings. The number of aliphatic carboxylic acids is 1. The molecular weight excluding hydrogens is 563 g/mol. The van der Waals surface area contributed by atoms with Crippen LogP contribution in [0.25, 0.3) is 16.7 Å². The lowest BCUT2D eigenvalue weighted by Gasteiger charge is -2.22. The molecule has 2 fully saturated rings. The van der Waals surface area contributed by atoms with Gasteiger partial charge in [0.25, 0.3) is 0 Å². The van der Waals surface area contributed by atoms with Crippen molar-refractivity contribution in [2.45, 2.75) is 41.2 Å². The Kier molecular flexibility index (Phi) is 6.91. The van der Waals surface area contributed by atoms with Gasteiger partial charge < -0.3 is 10.8 Å². The third-order valence-corrected chi connectivity index (χ3v) is 9.48. The number of primary amides is 1. The predicted molar refractivity (Wildman–Crippen MR) is 133 cm³/mol. The minimum atomic E-state index is -5.04. The lowest BCUT2D eigenvalue weighted by Crippen LogP contribution is -2.42. The predicted octanol–water partition coefficient (Wildman–Crippen LogP) is 2.53. The van der Waals surface area contributed by atoms with Crippen molar-refractivity contribution in [2.75, 3.05) is 6.54 Å². The molecule has 0 spiro atoms. The van der Waals surface area contributed by atoms with Gasteiger partial charge in [-0.3, -0.25) is 19.1 Å². The smallest absolute Gasteiger partial charge is 0.417 e. The van der Waals surface area contributed by atoms with Crippen LogP contribution in [-0.2, 0) is 25.6 Å². The highest BCUT2D eigenvalue weighted by Gasteiger charge is 2.66. The number of fused-ring (bicyclic) bond motifs is 1. The van der Waals surface area contributed by atoms with Gasteiger partial charge in [0.05, 0.1) is 32.8 Å². The fourth-order valence-electron chi connectivity index (χ4n) is 5.20. The highest BCUT2D eigenvalue weighted by molar-refractivity contribution is 7.92. The maximum atomic E-state index is 14.2. The standard InChI is InChI=1S/C24H20F3N5O5S.ClH/c25-24(26,27)15-7-13(32-12-30-16-3-1-2-4-17(16)32)5-6-19(15)38(36,37)14-8-18(21(33)34)31(10-14)20-9-23(20,11-28)22(29)35;/h1-7,12,14,18,20H,8-10H2,(H2,29,35)(H,33,34);1H/t14-,18+,20?,23?;/m1./s1. The molecule has 2 aliphatic rings. The fraction of sp³-hybridized carbons (Fsp3) is 0.333. The normalized spacial score (nSPS) is 25.1. The van der Waals surface area contributed by atoms with Gasteiger partial charge in [-0.05, 0) is 43.2 Å². The van der Waals surface area contributed by atoms with Crippen molar-refractivity contribution < 1.29 is 36.3 Å². The van der Waals surface area contributed by atoms with Crippen LogP contribution in [-0.4, -0.2) is 63.7 Å². The number of amides is 1. The molecule has 1 saturated heterocycles. The third kappa shape index (κ3) is 4.50. The summed E-state index contributed by atoms with van der Waals surface area (Å²) in [6.07, 6.45) is -4.31. The summed E-state index contributed by atoms with van der Waals surface area (Å²) in [7, 11) is -4.70. The molecule has 1 aliphatic carbocycles. The maximum absolute atomic E-state index is 14.2. The molecule has 39 heavy (non-hydrogen) atoms. The number of nitrogens with two attached hydrogens (primary N) is 1. The van der Waals surface area contributed by atoms with E-state index in [4.69, 9.17) is 5.73 Å². The highest BCUT2D eigenvalue weighted by Crippen LogP contribution is 2.52. The molecule has 206 valence electrons. The number of para-hydroxylation sites is 2. The van der Waals surface area contributed by atoms with Crippen molar-refractivity contribution in [1.29, 1.82) is 5.26 Å². The number of carboxylic acids is 1. The third-order valence-electron chi connectivity index (χ3n) is 7.30. The van der Waals surface area contributed by atoms with Crippen molar-refractivity contribution in [3.63, 3.8) is 0 Å². The van der Waals surface area contributed by atoms with Gasteiger partial charge in [0, 0.05) is 18.3 Å². The molecule has 10 nitrogen and oxygen atoms in total. The Hall–Kier alpha value is -3.67. The molecule has 2 unspecified atom stereocenters. The molecule has 1 amide bonds. The second kappa shape index (κ2) is 9.51. The number of sulfone groups is 1. The number of nitrogens with zero attached hydrogens (tertiary/aromatic N) is 4. The second-order valence-electron chi connectivity index (χ2n) is 9.40. The van der Waals surface area contributed by atoms with E-state index in [-0.39, 0.29) is 24.5 Å². The van der Waals surface area contributed by atoms with Crippen LogP contribution in [0.15, 0.2) is 53.7 Å². The average molecular weight is 584 g/mol. The van der Waals surface area contributed by atoms with Gasteiger partial charge in [0.2, 0.25) is 5.91 Å². The number of imidazole rings is 1. The Bertz CT molecular complexity index is 1640. The van der Waals surface area contributed by atoms with E-state index in [1.165, 1.54) is 21.9 Å². The van der Waals surface area contributed by atoms with Crippen molar-refractivity contribution in [3.05, 3.63) is 54.4 Å². The number of benzene rings is 2. The molecule has 1 saturated carbocycles. The lowest BCUT2D eigenvalue weighted by molar-refractivity contribution is -0.143. The summed E-state index contributed by atoms with van der Waals surface area (Å²) < 4.78 is 71.0. The topological polar surface area (TPSA) is 159 Å². The fourth-order valence-corrected chi connectivity index (χ4v) is 7.10. The summed E-state index contributed by atoms with van der Waals surface area (Å²) in [4.78, 5) is 28.1. The second-order valence-corrected chi connectivity index (χ2v) is 11.6. The number of carbonyl (C=O) groups is 2. The molecule has 15 heteroatoms. The quantitative estimate of drug-likeness (QED) is 0.448. The van der Waals surface area contributed by atoms with Gasteiger partial charge in [-0.25, -0.2) is 13.4 Å². The molecule has 2 aromatic carbocycles. The highest BCUT2D eigenvalue weighted by atomic mass is 35.5. The minimum Gasteiger partial charge on any atom is -0.480 e. The number of halogens is 4. The molecular formula is C24H21ClF3N5O5S. The maximum Gasteiger partial charge on any atom is 0.417 e. The molecule has 3 N–H and O–H groups in total. The van der Waals surface area contributed by atoms with Crippen molar-refractivity contribution >= 4 is 45.2 Å². The van der Waals surface area contributed by atoms with Crippen LogP contribution in [0.2, 0.25) is 0 Å². The van der Waals surface area contributed by atoms with E-state index in [1.54, 1.807) is 30.3 Å². The Balaban J connectivity index is 0.00000353. The van der Waals surface area contributed by atoms with E-state index in [0.717, 1.165) is 12.1 Å². The van der Waals surface area contributed by atoms with E-state index in [1.807, 2.05) is 0 Å². The van der Waals surface area contributed by atoms with Crippen LogP contribution < -0.4 is 5.73 Å². The summed E-state index contributed by atoms with van der Waals surface area (Å²) in [6, 6.07) is 8.97. The number of carboxylic acid groups (broad SMARTS) is 1.